The first-order valence-electron chi connectivity index (χ1n) is 8.10. The Bertz CT molecular complexity index is 512. The van der Waals surface area contributed by atoms with E-state index < -0.39 is 0 Å². The fourth-order valence-corrected chi connectivity index (χ4v) is 3.78. The van der Waals surface area contributed by atoms with E-state index in [1.165, 1.54) is 24.0 Å². The lowest BCUT2D eigenvalue weighted by Gasteiger charge is -2.52. The Labute approximate surface area is 128 Å². The molecule has 2 aliphatic carbocycles. The lowest BCUT2D eigenvalue weighted by Crippen LogP contribution is -2.61. The van der Waals surface area contributed by atoms with Crippen LogP contribution in [0.1, 0.15) is 50.8 Å². The van der Waals surface area contributed by atoms with E-state index in [-0.39, 0.29) is 5.41 Å². The van der Waals surface area contributed by atoms with E-state index in [2.05, 4.69) is 44.3 Å². The summed E-state index contributed by atoms with van der Waals surface area (Å²) in [6.45, 7) is 7.52. The SMILES string of the molecule is CCOC1CC(NC2CCc3ccc(OC)cc32)C1(C)C. The largest absolute Gasteiger partial charge is 0.497 e. The summed E-state index contributed by atoms with van der Waals surface area (Å²) in [5.74, 6) is 0.961. The summed E-state index contributed by atoms with van der Waals surface area (Å²) < 4.78 is 11.2. The maximum absolute atomic E-state index is 5.83. The van der Waals surface area contributed by atoms with Gasteiger partial charge < -0.3 is 14.8 Å². The number of benzene rings is 1. The molecule has 0 bridgehead atoms. The molecule has 116 valence electrons. The van der Waals surface area contributed by atoms with Gasteiger partial charge in [-0.05, 0) is 49.4 Å². The van der Waals surface area contributed by atoms with Crippen molar-refractivity contribution in [3.63, 3.8) is 0 Å². The summed E-state index contributed by atoms with van der Waals surface area (Å²) in [7, 11) is 1.74. The zero-order chi connectivity index (χ0) is 15.0. The van der Waals surface area contributed by atoms with Gasteiger partial charge in [0, 0.05) is 24.1 Å². The van der Waals surface area contributed by atoms with Gasteiger partial charge in [-0.1, -0.05) is 19.9 Å². The van der Waals surface area contributed by atoms with E-state index in [9.17, 15) is 0 Å². The molecule has 0 radical (unpaired) electrons. The number of ether oxygens (including phenoxy) is 2. The third-order valence-corrected chi connectivity index (χ3v) is 5.38. The van der Waals surface area contributed by atoms with Crippen LogP contribution < -0.4 is 10.1 Å². The minimum absolute atomic E-state index is 0.220. The topological polar surface area (TPSA) is 30.5 Å². The van der Waals surface area contributed by atoms with Gasteiger partial charge in [0.05, 0.1) is 13.2 Å². The molecule has 3 unspecified atom stereocenters. The molecule has 0 aromatic heterocycles. The Kier molecular flexibility index (Phi) is 3.98. The number of hydrogen-bond donors (Lipinski definition) is 1. The number of hydrogen-bond acceptors (Lipinski definition) is 3. The molecular weight excluding hydrogens is 262 g/mol. The van der Waals surface area contributed by atoms with Gasteiger partial charge in [0.2, 0.25) is 0 Å². The van der Waals surface area contributed by atoms with Gasteiger partial charge in [0.1, 0.15) is 5.75 Å². The van der Waals surface area contributed by atoms with E-state index in [4.69, 9.17) is 9.47 Å². The second kappa shape index (κ2) is 5.62. The molecule has 3 nitrogen and oxygen atoms in total. The van der Waals surface area contributed by atoms with Crippen molar-refractivity contribution in [2.24, 2.45) is 5.41 Å². The van der Waals surface area contributed by atoms with Crippen LogP contribution in [0.3, 0.4) is 0 Å². The maximum atomic E-state index is 5.83. The Morgan fingerprint density at radius 1 is 1.33 bits per heavy atom. The van der Waals surface area contributed by atoms with Crippen LogP contribution in [0.2, 0.25) is 0 Å². The highest BCUT2D eigenvalue weighted by Crippen LogP contribution is 2.45. The zero-order valence-corrected chi connectivity index (χ0v) is 13.6. The minimum Gasteiger partial charge on any atom is -0.497 e. The average molecular weight is 289 g/mol. The van der Waals surface area contributed by atoms with Gasteiger partial charge in [-0.25, -0.2) is 0 Å². The van der Waals surface area contributed by atoms with Crippen molar-refractivity contribution in [2.45, 2.75) is 58.2 Å². The minimum atomic E-state index is 0.220. The number of nitrogens with one attached hydrogen (secondary N) is 1. The Morgan fingerprint density at radius 3 is 2.81 bits per heavy atom. The number of fused-ring (bicyclic) bond motifs is 1. The smallest absolute Gasteiger partial charge is 0.119 e. The molecule has 3 rings (SSSR count). The molecule has 0 aliphatic heterocycles. The second-order valence-corrected chi connectivity index (χ2v) is 6.88. The molecule has 1 N–H and O–H groups in total. The first-order valence-corrected chi connectivity index (χ1v) is 8.10. The van der Waals surface area contributed by atoms with Gasteiger partial charge >= 0.3 is 0 Å². The van der Waals surface area contributed by atoms with Crippen LogP contribution in [0.15, 0.2) is 18.2 Å². The maximum Gasteiger partial charge on any atom is 0.119 e. The van der Waals surface area contributed by atoms with Crippen molar-refractivity contribution in [1.82, 2.24) is 5.32 Å². The van der Waals surface area contributed by atoms with Crippen LogP contribution in [0.5, 0.6) is 5.75 Å². The van der Waals surface area contributed by atoms with Crippen molar-refractivity contribution >= 4 is 0 Å². The summed E-state index contributed by atoms with van der Waals surface area (Å²) in [5.41, 5.74) is 3.11. The van der Waals surface area contributed by atoms with E-state index in [0.717, 1.165) is 18.8 Å². The van der Waals surface area contributed by atoms with Gasteiger partial charge in [-0.2, -0.15) is 0 Å². The van der Waals surface area contributed by atoms with Crippen molar-refractivity contribution < 1.29 is 9.47 Å². The van der Waals surface area contributed by atoms with E-state index in [0.29, 0.717) is 18.2 Å². The van der Waals surface area contributed by atoms with Crippen LogP contribution in [-0.4, -0.2) is 25.9 Å². The van der Waals surface area contributed by atoms with Crippen molar-refractivity contribution in [1.29, 1.82) is 0 Å². The highest BCUT2D eigenvalue weighted by Gasteiger charge is 2.49. The van der Waals surface area contributed by atoms with Gasteiger partial charge in [-0.3, -0.25) is 0 Å². The van der Waals surface area contributed by atoms with Crippen LogP contribution >= 0.6 is 0 Å². The molecule has 21 heavy (non-hydrogen) atoms. The average Bonchev–Trinajstić information content (AvgIpc) is 2.88. The van der Waals surface area contributed by atoms with Crippen molar-refractivity contribution in [2.75, 3.05) is 13.7 Å². The molecule has 1 aromatic rings. The predicted octanol–water partition coefficient (Wildman–Crippen LogP) is 3.48. The van der Waals surface area contributed by atoms with Gasteiger partial charge in [0.25, 0.3) is 0 Å². The van der Waals surface area contributed by atoms with Crippen molar-refractivity contribution in [3.05, 3.63) is 29.3 Å². The normalized spacial score (nSPS) is 29.8. The fraction of sp³-hybridized carbons (Fsp3) is 0.667. The molecule has 3 atom stereocenters. The molecule has 1 fully saturated rings. The summed E-state index contributed by atoms with van der Waals surface area (Å²) in [5, 5.41) is 3.87. The fourth-order valence-electron chi connectivity index (χ4n) is 3.78. The van der Waals surface area contributed by atoms with Gasteiger partial charge in [-0.15, -0.1) is 0 Å². The lowest BCUT2D eigenvalue weighted by atomic mass is 9.64. The quantitative estimate of drug-likeness (QED) is 0.900. The molecular formula is C18H27NO2. The van der Waals surface area contributed by atoms with E-state index in [1.54, 1.807) is 7.11 Å². The Morgan fingerprint density at radius 2 is 2.14 bits per heavy atom. The zero-order valence-electron chi connectivity index (χ0n) is 13.6. The molecule has 2 aliphatic rings. The van der Waals surface area contributed by atoms with Gasteiger partial charge in [0.15, 0.2) is 0 Å². The number of aryl methyl sites for hydroxylation is 1. The van der Waals surface area contributed by atoms with Crippen LogP contribution in [0.4, 0.5) is 0 Å². The number of methoxy groups -OCH3 is 1. The molecule has 0 heterocycles. The molecule has 0 spiro atoms. The first-order chi connectivity index (χ1) is 10.1. The monoisotopic (exact) mass is 289 g/mol. The highest BCUT2D eigenvalue weighted by atomic mass is 16.5. The Hall–Kier alpha value is -1.06. The summed E-state index contributed by atoms with van der Waals surface area (Å²) in [4.78, 5) is 0. The highest BCUT2D eigenvalue weighted by molar-refractivity contribution is 5.41. The summed E-state index contributed by atoms with van der Waals surface area (Å²) >= 11 is 0. The molecule has 0 amide bonds. The lowest BCUT2D eigenvalue weighted by molar-refractivity contribution is -0.116. The third-order valence-electron chi connectivity index (χ3n) is 5.38. The van der Waals surface area contributed by atoms with Crippen LogP contribution in [0, 0.1) is 5.41 Å². The standard InChI is InChI=1S/C18H27NO2/c1-5-21-17-11-16(18(17,2)3)19-15-9-7-12-6-8-13(20-4)10-14(12)15/h6,8,10,15-17,19H,5,7,9,11H2,1-4H3. The molecule has 3 heteroatoms. The summed E-state index contributed by atoms with van der Waals surface area (Å²) in [6.07, 6.45) is 3.87. The number of rotatable bonds is 5. The first kappa shape index (κ1) is 14.9. The third kappa shape index (κ3) is 2.58. The second-order valence-electron chi connectivity index (χ2n) is 6.88. The summed E-state index contributed by atoms with van der Waals surface area (Å²) in [6, 6.07) is 7.48. The predicted molar refractivity (Wildman–Crippen MR) is 84.8 cm³/mol. The van der Waals surface area contributed by atoms with E-state index >= 15 is 0 Å². The molecule has 1 aromatic carbocycles. The molecule has 1 saturated carbocycles. The Balaban J connectivity index is 1.69. The van der Waals surface area contributed by atoms with Crippen molar-refractivity contribution in [3.8, 4) is 5.75 Å². The molecule has 0 saturated heterocycles. The van der Waals surface area contributed by atoms with Crippen LogP contribution in [0.25, 0.3) is 0 Å². The van der Waals surface area contributed by atoms with E-state index in [1.807, 2.05) is 0 Å². The van der Waals surface area contributed by atoms with Crippen LogP contribution in [-0.2, 0) is 11.2 Å².